The number of benzene rings is 1. The molecule has 8 heteroatoms. The highest BCUT2D eigenvalue weighted by molar-refractivity contribution is 9.10. The molecule has 1 rings (SSSR count). The number of rotatable bonds is 1. The third kappa shape index (κ3) is 4.93. The molecule has 1 amide bonds. The third-order valence-electron chi connectivity index (χ3n) is 2.14. The van der Waals surface area contributed by atoms with Crippen LogP contribution in [0.4, 0.5) is 23.7 Å². The summed E-state index contributed by atoms with van der Waals surface area (Å²) in [4.78, 5) is 11.6. The van der Waals surface area contributed by atoms with Gasteiger partial charge >= 0.3 is 12.3 Å². The zero-order chi connectivity index (χ0) is 16.4. The minimum atomic E-state index is -4.67. The Morgan fingerprint density at radius 2 is 1.90 bits per heavy atom. The third-order valence-corrected chi connectivity index (χ3v) is 2.76. The first-order valence-electron chi connectivity index (χ1n) is 5.75. The van der Waals surface area contributed by atoms with E-state index in [1.54, 1.807) is 20.8 Å². The summed E-state index contributed by atoms with van der Waals surface area (Å²) in [6.07, 6.45) is -5.49. The molecular weight excluding hydrogens is 353 g/mol. The number of hydrogen-bond donors (Lipinski definition) is 1. The SMILES string of the molecule is CC(C)(C)OC(=O)Nc1cc(Br)c(C(F)(F)F)c(C#N)c1. The van der Waals surface area contributed by atoms with E-state index >= 15 is 0 Å². The van der Waals surface area contributed by atoms with Crippen molar-refractivity contribution in [3.63, 3.8) is 0 Å². The van der Waals surface area contributed by atoms with Gasteiger partial charge in [0.1, 0.15) is 5.60 Å². The van der Waals surface area contributed by atoms with Crippen molar-refractivity contribution in [3.05, 3.63) is 27.7 Å². The second kappa shape index (κ2) is 5.93. The van der Waals surface area contributed by atoms with Crippen molar-refractivity contribution < 1.29 is 22.7 Å². The highest BCUT2D eigenvalue weighted by atomic mass is 79.9. The van der Waals surface area contributed by atoms with Crippen LogP contribution in [0.3, 0.4) is 0 Å². The summed E-state index contributed by atoms with van der Waals surface area (Å²) in [5.74, 6) is 0. The van der Waals surface area contributed by atoms with Crippen LogP contribution in [0, 0.1) is 11.3 Å². The Morgan fingerprint density at radius 1 is 1.33 bits per heavy atom. The van der Waals surface area contributed by atoms with Crippen molar-refractivity contribution in [1.82, 2.24) is 0 Å². The first kappa shape index (κ1) is 17.3. The van der Waals surface area contributed by atoms with Gasteiger partial charge in [-0.15, -0.1) is 0 Å². The normalized spacial score (nSPS) is 11.7. The molecule has 0 aliphatic rings. The van der Waals surface area contributed by atoms with Gasteiger partial charge in [-0.05, 0) is 32.9 Å². The van der Waals surface area contributed by atoms with E-state index in [1.807, 2.05) is 0 Å². The average molecular weight is 365 g/mol. The fourth-order valence-electron chi connectivity index (χ4n) is 1.48. The van der Waals surface area contributed by atoms with Crippen LogP contribution in [0.5, 0.6) is 0 Å². The molecule has 0 aromatic heterocycles. The number of nitrogens with one attached hydrogen (secondary N) is 1. The Balaban J connectivity index is 3.11. The lowest BCUT2D eigenvalue weighted by Crippen LogP contribution is -2.27. The highest BCUT2D eigenvalue weighted by Gasteiger charge is 2.36. The lowest BCUT2D eigenvalue weighted by molar-refractivity contribution is -0.138. The molecule has 1 aromatic rings. The Hall–Kier alpha value is -1.75. The fourth-order valence-corrected chi connectivity index (χ4v) is 2.16. The minimum Gasteiger partial charge on any atom is -0.444 e. The van der Waals surface area contributed by atoms with Crippen LogP contribution in [0.2, 0.25) is 0 Å². The molecule has 0 heterocycles. The maximum Gasteiger partial charge on any atom is 0.418 e. The van der Waals surface area contributed by atoms with E-state index in [2.05, 4.69) is 21.2 Å². The van der Waals surface area contributed by atoms with Crippen LogP contribution in [0.1, 0.15) is 31.9 Å². The molecular formula is C13H12BrF3N2O2. The Morgan fingerprint density at radius 3 is 2.33 bits per heavy atom. The van der Waals surface area contributed by atoms with Crippen LogP contribution in [-0.2, 0) is 10.9 Å². The van der Waals surface area contributed by atoms with Crippen LogP contribution < -0.4 is 5.32 Å². The first-order chi connectivity index (χ1) is 9.44. The molecule has 0 fully saturated rings. The Labute approximate surface area is 128 Å². The number of carbonyl (C=O) groups excluding carboxylic acids is 1. The summed E-state index contributed by atoms with van der Waals surface area (Å²) in [6.45, 7) is 4.95. The van der Waals surface area contributed by atoms with E-state index in [0.717, 1.165) is 12.1 Å². The molecule has 0 aliphatic heterocycles. The van der Waals surface area contributed by atoms with Gasteiger partial charge in [0, 0.05) is 10.2 Å². The summed E-state index contributed by atoms with van der Waals surface area (Å²) in [6, 6.07) is 3.47. The van der Waals surface area contributed by atoms with E-state index < -0.39 is 29.0 Å². The second-order valence-corrected chi connectivity index (χ2v) is 5.97. The number of hydrogen-bond acceptors (Lipinski definition) is 3. The number of alkyl halides is 3. The van der Waals surface area contributed by atoms with Crippen molar-refractivity contribution in [2.45, 2.75) is 32.5 Å². The van der Waals surface area contributed by atoms with Crippen molar-refractivity contribution >= 4 is 27.7 Å². The lowest BCUT2D eigenvalue weighted by Gasteiger charge is -2.20. The van der Waals surface area contributed by atoms with Gasteiger partial charge < -0.3 is 4.74 Å². The minimum absolute atomic E-state index is 0.0284. The van der Waals surface area contributed by atoms with E-state index in [0.29, 0.717) is 0 Å². The number of anilines is 1. The molecule has 0 saturated heterocycles. The summed E-state index contributed by atoms with van der Waals surface area (Å²) in [5.41, 5.74) is -2.39. The molecule has 0 aliphatic carbocycles. The van der Waals surface area contributed by atoms with Crippen molar-refractivity contribution in [3.8, 4) is 6.07 Å². The van der Waals surface area contributed by atoms with Gasteiger partial charge in [0.05, 0.1) is 17.2 Å². The predicted octanol–water partition coefficient (Wildman–Crippen LogP) is 4.69. The standard InChI is InChI=1S/C13H12BrF3N2O2/c1-12(2,3)21-11(20)19-8-4-7(6-18)10(9(14)5-8)13(15,16)17/h4-5H,1-3H3,(H,19,20). The molecule has 1 N–H and O–H groups in total. The molecule has 0 spiro atoms. The molecule has 114 valence electrons. The highest BCUT2D eigenvalue weighted by Crippen LogP contribution is 2.38. The number of ether oxygens (including phenoxy) is 1. The van der Waals surface area contributed by atoms with Crippen molar-refractivity contribution in [2.75, 3.05) is 5.32 Å². The summed E-state index contributed by atoms with van der Waals surface area (Å²) in [7, 11) is 0. The lowest BCUT2D eigenvalue weighted by atomic mass is 10.1. The molecule has 4 nitrogen and oxygen atoms in total. The topological polar surface area (TPSA) is 62.1 Å². The number of amides is 1. The van der Waals surface area contributed by atoms with Gasteiger partial charge in [0.15, 0.2) is 0 Å². The predicted molar refractivity (Wildman–Crippen MR) is 73.7 cm³/mol. The number of nitrogens with zero attached hydrogens (tertiary/aromatic N) is 1. The molecule has 21 heavy (non-hydrogen) atoms. The summed E-state index contributed by atoms with van der Waals surface area (Å²) >= 11 is 2.76. The monoisotopic (exact) mass is 364 g/mol. The van der Waals surface area contributed by atoms with Gasteiger partial charge in [-0.1, -0.05) is 15.9 Å². The van der Waals surface area contributed by atoms with Gasteiger partial charge in [-0.25, -0.2) is 4.79 Å². The van der Waals surface area contributed by atoms with E-state index in [-0.39, 0.29) is 10.2 Å². The maximum atomic E-state index is 12.8. The number of nitriles is 1. The Kier molecular flexibility index (Phi) is 4.89. The average Bonchev–Trinajstić information content (AvgIpc) is 2.22. The van der Waals surface area contributed by atoms with E-state index in [9.17, 15) is 18.0 Å². The molecule has 0 atom stereocenters. The van der Waals surface area contributed by atoms with Gasteiger partial charge in [0.2, 0.25) is 0 Å². The fraction of sp³-hybridized carbons (Fsp3) is 0.385. The zero-order valence-electron chi connectivity index (χ0n) is 11.4. The zero-order valence-corrected chi connectivity index (χ0v) is 13.0. The molecule has 1 aromatic carbocycles. The maximum absolute atomic E-state index is 12.8. The smallest absolute Gasteiger partial charge is 0.418 e. The molecule has 0 radical (unpaired) electrons. The van der Waals surface area contributed by atoms with Gasteiger partial charge in [-0.3, -0.25) is 5.32 Å². The van der Waals surface area contributed by atoms with Crippen molar-refractivity contribution in [1.29, 1.82) is 5.26 Å². The number of carbonyl (C=O) groups is 1. The van der Waals surface area contributed by atoms with Gasteiger partial charge in [-0.2, -0.15) is 18.4 Å². The van der Waals surface area contributed by atoms with Crippen LogP contribution in [0.15, 0.2) is 16.6 Å². The van der Waals surface area contributed by atoms with E-state index in [4.69, 9.17) is 10.00 Å². The largest absolute Gasteiger partial charge is 0.444 e. The second-order valence-electron chi connectivity index (χ2n) is 5.12. The summed E-state index contributed by atoms with van der Waals surface area (Å²) in [5, 5.41) is 11.1. The summed E-state index contributed by atoms with van der Waals surface area (Å²) < 4.78 is 43.1. The van der Waals surface area contributed by atoms with E-state index in [1.165, 1.54) is 6.07 Å². The first-order valence-corrected chi connectivity index (χ1v) is 6.54. The molecule has 0 unspecified atom stereocenters. The number of halogens is 4. The quantitative estimate of drug-likeness (QED) is 0.786. The molecule has 0 bridgehead atoms. The Bertz CT molecular complexity index is 601. The van der Waals surface area contributed by atoms with Gasteiger partial charge in [0.25, 0.3) is 0 Å². The van der Waals surface area contributed by atoms with Crippen molar-refractivity contribution in [2.24, 2.45) is 0 Å². The molecule has 0 saturated carbocycles. The van der Waals surface area contributed by atoms with Crippen LogP contribution in [0.25, 0.3) is 0 Å². The van der Waals surface area contributed by atoms with Crippen LogP contribution >= 0.6 is 15.9 Å². The van der Waals surface area contributed by atoms with Crippen LogP contribution in [-0.4, -0.2) is 11.7 Å².